The Morgan fingerprint density at radius 2 is 2.38 bits per heavy atom. The maximum atomic E-state index is 11.1. The van der Waals surface area contributed by atoms with Gasteiger partial charge in [0.2, 0.25) is 6.41 Å². The lowest BCUT2D eigenvalue weighted by Crippen LogP contribution is -2.36. The minimum atomic E-state index is -0.676. The molecule has 0 atom stereocenters. The second-order valence-electron chi connectivity index (χ2n) is 2.09. The van der Waals surface area contributed by atoms with E-state index in [1.807, 2.05) is 10.9 Å². The highest BCUT2D eigenvalue weighted by Gasteiger charge is 2.10. The number of pyridine rings is 1. The Labute approximate surface area is 73.6 Å². The van der Waals surface area contributed by atoms with Gasteiger partial charge in [-0.05, 0) is 12.1 Å². The molecular formula is C7H7N3O3. The lowest BCUT2D eigenvalue weighted by molar-refractivity contribution is -0.110. The molecule has 0 spiro atoms. The standard InChI is InChI=1S/C7H7N3O3/c11-4-9-10-7(13)6-5(12)2-1-3-8-6/h1-4,12H,(H,9,11)(H,10,13). The second kappa shape index (κ2) is 4.05. The molecule has 68 valence electrons. The molecule has 0 saturated heterocycles. The van der Waals surface area contributed by atoms with Gasteiger partial charge in [0.25, 0.3) is 5.91 Å². The van der Waals surface area contributed by atoms with Crippen LogP contribution in [0.2, 0.25) is 0 Å². The minimum Gasteiger partial charge on any atom is -0.505 e. The first-order valence-corrected chi connectivity index (χ1v) is 3.39. The van der Waals surface area contributed by atoms with Crippen molar-refractivity contribution in [2.75, 3.05) is 0 Å². The van der Waals surface area contributed by atoms with Gasteiger partial charge in [-0.15, -0.1) is 0 Å². The fraction of sp³-hybridized carbons (Fsp3) is 0. The first kappa shape index (κ1) is 8.98. The van der Waals surface area contributed by atoms with Crippen LogP contribution in [0.1, 0.15) is 10.5 Å². The van der Waals surface area contributed by atoms with E-state index in [9.17, 15) is 9.59 Å². The van der Waals surface area contributed by atoms with Crippen LogP contribution in [0.15, 0.2) is 18.3 Å². The van der Waals surface area contributed by atoms with Crippen molar-refractivity contribution >= 4 is 12.3 Å². The average molecular weight is 181 g/mol. The largest absolute Gasteiger partial charge is 0.505 e. The molecule has 0 aliphatic heterocycles. The van der Waals surface area contributed by atoms with Gasteiger partial charge in [0.1, 0.15) is 5.75 Å². The van der Waals surface area contributed by atoms with Crippen LogP contribution in [-0.2, 0) is 4.79 Å². The van der Waals surface area contributed by atoms with E-state index in [-0.39, 0.29) is 11.4 Å². The quantitative estimate of drug-likeness (QED) is 0.419. The van der Waals surface area contributed by atoms with Gasteiger partial charge in [0.15, 0.2) is 5.69 Å². The van der Waals surface area contributed by atoms with Crippen molar-refractivity contribution in [1.29, 1.82) is 0 Å². The van der Waals surface area contributed by atoms with E-state index in [0.717, 1.165) is 0 Å². The van der Waals surface area contributed by atoms with Gasteiger partial charge in [-0.2, -0.15) is 0 Å². The summed E-state index contributed by atoms with van der Waals surface area (Å²) >= 11 is 0. The maximum Gasteiger partial charge on any atom is 0.292 e. The average Bonchev–Trinajstić information content (AvgIpc) is 2.15. The molecule has 0 saturated carbocycles. The number of hydrogen-bond donors (Lipinski definition) is 3. The lowest BCUT2D eigenvalue weighted by atomic mass is 10.3. The van der Waals surface area contributed by atoms with Gasteiger partial charge < -0.3 is 5.11 Å². The van der Waals surface area contributed by atoms with E-state index in [2.05, 4.69) is 4.98 Å². The van der Waals surface area contributed by atoms with Crippen LogP contribution in [0, 0.1) is 0 Å². The number of carbonyl (C=O) groups is 2. The number of rotatable bonds is 3. The number of amides is 2. The monoisotopic (exact) mass is 181 g/mol. The van der Waals surface area contributed by atoms with E-state index >= 15 is 0 Å². The number of nitrogens with zero attached hydrogens (tertiary/aromatic N) is 1. The SMILES string of the molecule is O=CNNC(=O)c1ncccc1O. The first-order chi connectivity index (χ1) is 6.25. The zero-order chi connectivity index (χ0) is 9.68. The number of nitrogens with one attached hydrogen (secondary N) is 2. The molecular weight excluding hydrogens is 174 g/mol. The van der Waals surface area contributed by atoms with Gasteiger partial charge in [0.05, 0.1) is 0 Å². The molecule has 6 heteroatoms. The third-order valence-corrected chi connectivity index (χ3v) is 1.25. The lowest BCUT2D eigenvalue weighted by Gasteiger charge is -2.02. The molecule has 0 aliphatic carbocycles. The van der Waals surface area contributed by atoms with Crippen LogP contribution in [-0.4, -0.2) is 22.4 Å². The van der Waals surface area contributed by atoms with Gasteiger partial charge in [-0.25, -0.2) is 4.98 Å². The number of aromatic hydroxyl groups is 1. The zero-order valence-electron chi connectivity index (χ0n) is 6.52. The van der Waals surface area contributed by atoms with Gasteiger partial charge in [0, 0.05) is 6.20 Å². The summed E-state index contributed by atoms with van der Waals surface area (Å²) in [6, 6.07) is 2.81. The van der Waals surface area contributed by atoms with Crippen molar-refractivity contribution < 1.29 is 14.7 Å². The first-order valence-electron chi connectivity index (χ1n) is 3.39. The predicted octanol–water partition coefficient (Wildman–Crippen LogP) is -0.822. The van der Waals surface area contributed by atoms with Crippen molar-refractivity contribution in [2.45, 2.75) is 0 Å². The van der Waals surface area contributed by atoms with Crippen LogP contribution < -0.4 is 10.9 Å². The fourth-order valence-electron chi connectivity index (χ4n) is 0.726. The fourth-order valence-corrected chi connectivity index (χ4v) is 0.726. The van der Waals surface area contributed by atoms with Crippen molar-refractivity contribution in [3.63, 3.8) is 0 Å². The molecule has 1 aromatic rings. The molecule has 0 aliphatic rings. The van der Waals surface area contributed by atoms with Crippen molar-refractivity contribution in [2.24, 2.45) is 0 Å². The molecule has 6 nitrogen and oxygen atoms in total. The van der Waals surface area contributed by atoms with Crippen LogP contribution in [0.3, 0.4) is 0 Å². The molecule has 13 heavy (non-hydrogen) atoms. The third-order valence-electron chi connectivity index (χ3n) is 1.25. The number of carbonyl (C=O) groups excluding carboxylic acids is 2. The molecule has 3 N–H and O–H groups in total. The highest BCUT2D eigenvalue weighted by atomic mass is 16.3. The van der Waals surface area contributed by atoms with Crippen LogP contribution in [0.25, 0.3) is 0 Å². The number of aromatic nitrogens is 1. The zero-order valence-corrected chi connectivity index (χ0v) is 6.52. The highest BCUT2D eigenvalue weighted by molar-refractivity contribution is 5.94. The predicted molar refractivity (Wildman–Crippen MR) is 42.6 cm³/mol. The van der Waals surface area contributed by atoms with E-state index < -0.39 is 5.91 Å². The molecule has 0 aromatic carbocycles. The summed E-state index contributed by atoms with van der Waals surface area (Å²) in [5.41, 5.74) is 3.81. The van der Waals surface area contributed by atoms with E-state index in [1.165, 1.54) is 18.3 Å². The van der Waals surface area contributed by atoms with Gasteiger partial charge >= 0.3 is 0 Å². The summed E-state index contributed by atoms with van der Waals surface area (Å²) in [4.78, 5) is 24.5. The number of hydrazine groups is 1. The summed E-state index contributed by atoms with van der Waals surface area (Å²) < 4.78 is 0. The summed E-state index contributed by atoms with van der Waals surface area (Å²) in [6.07, 6.45) is 1.66. The molecule has 1 aromatic heterocycles. The van der Waals surface area contributed by atoms with E-state index in [4.69, 9.17) is 5.11 Å². The molecule has 0 bridgehead atoms. The Hall–Kier alpha value is -2.11. The molecule has 0 radical (unpaired) electrons. The Morgan fingerprint density at radius 1 is 1.62 bits per heavy atom. The van der Waals surface area contributed by atoms with Crippen molar-refractivity contribution in [3.8, 4) is 5.75 Å². The summed E-state index contributed by atoms with van der Waals surface area (Å²) in [5.74, 6) is -0.919. The van der Waals surface area contributed by atoms with Crippen LogP contribution in [0.5, 0.6) is 5.75 Å². The van der Waals surface area contributed by atoms with Gasteiger partial charge in [-0.1, -0.05) is 0 Å². The van der Waals surface area contributed by atoms with Crippen LogP contribution >= 0.6 is 0 Å². The molecule has 0 fully saturated rings. The molecule has 1 rings (SSSR count). The minimum absolute atomic E-state index is 0.142. The Bertz CT molecular complexity index is 327. The van der Waals surface area contributed by atoms with Gasteiger partial charge in [-0.3, -0.25) is 20.4 Å². The van der Waals surface area contributed by atoms with Crippen LogP contribution in [0.4, 0.5) is 0 Å². The molecule has 1 heterocycles. The Morgan fingerprint density at radius 3 is 3.00 bits per heavy atom. The third kappa shape index (κ3) is 2.16. The van der Waals surface area contributed by atoms with Crippen molar-refractivity contribution in [1.82, 2.24) is 15.8 Å². The summed E-state index contributed by atoms with van der Waals surface area (Å²) in [6.45, 7) is 0. The molecule has 0 unspecified atom stereocenters. The topological polar surface area (TPSA) is 91.3 Å². The number of hydrogen-bond acceptors (Lipinski definition) is 4. The Balaban J connectivity index is 2.76. The maximum absolute atomic E-state index is 11.1. The summed E-state index contributed by atoms with van der Waals surface area (Å²) in [7, 11) is 0. The normalized spacial score (nSPS) is 8.92. The van der Waals surface area contributed by atoms with Crippen molar-refractivity contribution in [3.05, 3.63) is 24.0 Å². The summed E-state index contributed by atoms with van der Waals surface area (Å²) in [5, 5.41) is 9.14. The van der Waals surface area contributed by atoms with E-state index in [0.29, 0.717) is 6.41 Å². The molecule has 2 amide bonds. The smallest absolute Gasteiger partial charge is 0.292 e. The Kier molecular flexibility index (Phi) is 2.80. The second-order valence-corrected chi connectivity index (χ2v) is 2.09. The highest BCUT2D eigenvalue weighted by Crippen LogP contribution is 2.11. The van der Waals surface area contributed by atoms with E-state index in [1.54, 1.807) is 0 Å².